The van der Waals surface area contributed by atoms with Crippen molar-refractivity contribution in [3.8, 4) is 0 Å². The Bertz CT molecular complexity index is 1340. The molecule has 0 saturated carbocycles. The Morgan fingerprint density at radius 1 is 1.14 bits per heavy atom. The number of aliphatic hydroxyl groups is 1. The van der Waals surface area contributed by atoms with Crippen molar-refractivity contribution < 1.29 is 29.0 Å². The Balaban J connectivity index is 1.62. The maximum Gasteiger partial charge on any atom is 0.312 e. The second-order valence-corrected chi connectivity index (χ2v) is 12.4. The van der Waals surface area contributed by atoms with Crippen LogP contribution < -0.4 is 9.80 Å². The largest absolute Gasteiger partial charge is 0.466 e. The van der Waals surface area contributed by atoms with E-state index in [0.29, 0.717) is 17.7 Å². The molecule has 3 fully saturated rings. The fraction of sp³-hybridized carbons (Fsp3) is 0.485. The summed E-state index contributed by atoms with van der Waals surface area (Å²) in [6.07, 6.45) is 1.39. The number of amides is 2. The first-order valence-electron chi connectivity index (χ1n) is 15.0. The Labute approximate surface area is 261 Å². The number of carbonyl (C=O) groups is 3. The maximum absolute atomic E-state index is 14.9. The van der Waals surface area contributed by atoms with E-state index in [2.05, 4.69) is 41.3 Å². The van der Waals surface area contributed by atoms with E-state index in [-0.39, 0.29) is 23.9 Å². The van der Waals surface area contributed by atoms with E-state index in [1.165, 1.54) is 4.90 Å². The topological polar surface area (TPSA) is 99.6 Å². The Morgan fingerprint density at radius 2 is 1.79 bits per heavy atom. The number of benzene rings is 2. The summed E-state index contributed by atoms with van der Waals surface area (Å²) in [7, 11) is 0. The van der Waals surface area contributed by atoms with Gasteiger partial charge in [-0.3, -0.25) is 14.4 Å². The lowest BCUT2D eigenvalue weighted by molar-refractivity contribution is -0.155. The molecule has 2 amide bonds. The quantitative estimate of drug-likeness (QED) is 0.209. The summed E-state index contributed by atoms with van der Waals surface area (Å²) >= 11 is 3.69. The molecule has 2 aromatic carbocycles. The molecule has 3 saturated heterocycles. The van der Waals surface area contributed by atoms with Gasteiger partial charge in [-0.1, -0.05) is 52.3 Å². The molecule has 9 nitrogen and oxygen atoms in total. The molecule has 7 atom stereocenters. The van der Waals surface area contributed by atoms with Gasteiger partial charge in [-0.2, -0.15) is 0 Å². The average Bonchev–Trinajstić information content (AvgIpc) is 3.61. The molecule has 230 valence electrons. The number of nitrogens with zero attached hydrogens (tertiary/aromatic N) is 3. The number of hydrogen-bond acceptors (Lipinski definition) is 7. The number of anilines is 2. The first-order chi connectivity index (χ1) is 20.8. The van der Waals surface area contributed by atoms with Gasteiger partial charge in [0.1, 0.15) is 11.6 Å². The van der Waals surface area contributed by atoms with E-state index in [4.69, 9.17) is 9.47 Å². The number of likely N-dealkylation sites (tertiary alicyclic amines) is 1. The highest BCUT2D eigenvalue weighted by Crippen LogP contribution is 2.61. The third-order valence-corrected chi connectivity index (χ3v) is 9.93. The van der Waals surface area contributed by atoms with Crippen molar-refractivity contribution >= 4 is 45.1 Å². The first-order valence-corrected chi connectivity index (χ1v) is 15.9. The molecule has 0 aromatic heterocycles. The van der Waals surface area contributed by atoms with Gasteiger partial charge < -0.3 is 29.3 Å². The minimum absolute atomic E-state index is 0.162. The van der Waals surface area contributed by atoms with Crippen molar-refractivity contribution in [3.05, 3.63) is 72.8 Å². The molecule has 43 heavy (non-hydrogen) atoms. The number of esters is 1. The lowest BCUT2D eigenvalue weighted by Crippen LogP contribution is -2.57. The highest BCUT2D eigenvalue weighted by atomic mass is 79.9. The summed E-state index contributed by atoms with van der Waals surface area (Å²) in [5.74, 6) is -3.06. The molecule has 2 bridgehead atoms. The van der Waals surface area contributed by atoms with E-state index in [1.54, 1.807) is 17.9 Å². The third-order valence-electron chi connectivity index (χ3n) is 9.08. The number of ether oxygens (including phenoxy) is 2. The Hall–Kier alpha value is -3.21. The minimum atomic E-state index is -1.28. The first kappa shape index (κ1) is 31.2. The van der Waals surface area contributed by atoms with Crippen LogP contribution in [0.5, 0.6) is 0 Å². The molecule has 5 rings (SSSR count). The predicted octanol–water partition coefficient (Wildman–Crippen LogP) is 4.10. The summed E-state index contributed by atoms with van der Waals surface area (Å²) in [5.41, 5.74) is 1.09. The van der Waals surface area contributed by atoms with Crippen LogP contribution in [0.2, 0.25) is 0 Å². The van der Waals surface area contributed by atoms with Crippen molar-refractivity contribution in [2.75, 3.05) is 42.6 Å². The van der Waals surface area contributed by atoms with Gasteiger partial charge in [0.15, 0.2) is 0 Å². The van der Waals surface area contributed by atoms with Gasteiger partial charge >= 0.3 is 5.97 Å². The third kappa shape index (κ3) is 5.17. The van der Waals surface area contributed by atoms with Crippen LogP contribution in [0.4, 0.5) is 11.4 Å². The van der Waals surface area contributed by atoms with E-state index in [9.17, 15) is 19.5 Å². The Morgan fingerprint density at radius 3 is 2.37 bits per heavy atom. The highest BCUT2D eigenvalue weighted by molar-refractivity contribution is 9.09. The molecule has 3 unspecified atom stereocenters. The van der Waals surface area contributed by atoms with Crippen LogP contribution in [-0.4, -0.2) is 83.2 Å². The normalized spacial score (nSPS) is 28.0. The number of rotatable bonds is 12. The molecule has 10 heteroatoms. The molecule has 3 aliphatic rings. The van der Waals surface area contributed by atoms with E-state index >= 15 is 0 Å². The van der Waals surface area contributed by atoms with Gasteiger partial charge in [0.25, 0.3) is 5.91 Å². The monoisotopic (exact) mass is 653 g/mol. The van der Waals surface area contributed by atoms with Crippen LogP contribution in [0.25, 0.3) is 0 Å². The number of fused-ring (bicyclic) bond motifs is 1. The van der Waals surface area contributed by atoms with Crippen LogP contribution in [-0.2, 0) is 23.9 Å². The molecule has 3 aliphatic heterocycles. The molecule has 1 N–H and O–H groups in total. The molecular weight excluding hydrogens is 614 g/mol. The average molecular weight is 655 g/mol. The van der Waals surface area contributed by atoms with Gasteiger partial charge in [-0.05, 0) is 57.0 Å². The van der Waals surface area contributed by atoms with Crippen LogP contribution in [0, 0.1) is 11.8 Å². The highest BCUT2D eigenvalue weighted by Gasteiger charge is 2.77. The van der Waals surface area contributed by atoms with Gasteiger partial charge in [0, 0.05) is 35.8 Å². The van der Waals surface area contributed by atoms with Crippen molar-refractivity contribution in [1.29, 1.82) is 0 Å². The zero-order valence-corrected chi connectivity index (χ0v) is 26.5. The van der Waals surface area contributed by atoms with Crippen molar-refractivity contribution in [2.45, 2.75) is 55.8 Å². The van der Waals surface area contributed by atoms with Crippen LogP contribution in [0.1, 0.15) is 38.8 Å². The Kier molecular flexibility index (Phi) is 9.29. The molecule has 2 aromatic rings. The summed E-state index contributed by atoms with van der Waals surface area (Å²) in [6.45, 7) is 11.5. The standard InChI is InChI=1S/C33H40BrN3O6/c1-5-18-36(23-16-14-22(15-17-23)35(6-2)7-3)31(40)29-33-19-24(34)28(43-33)26(32(41)42-8-4)27(33)30(39)37(29)25(20-38)21-12-10-9-11-13-21/h5,9-17,24-29,38H,1,6-8,18-20H2,2-4H3/t24?,25-,26-,27+,28-,29?,33?/m1/s1. The lowest BCUT2D eigenvalue weighted by Gasteiger charge is -2.39. The maximum atomic E-state index is 14.9. The molecule has 0 aliphatic carbocycles. The smallest absolute Gasteiger partial charge is 0.312 e. The van der Waals surface area contributed by atoms with E-state index < -0.39 is 54.1 Å². The fourth-order valence-electron chi connectivity index (χ4n) is 7.25. The number of hydrogen-bond donors (Lipinski definition) is 1. The molecular formula is C33H40BrN3O6. The van der Waals surface area contributed by atoms with E-state index in [1.807, 2.05) is 54.6 Å². The van der Waals surface area contributed by atoms with Crippen LogP contribution in [0.3, 0.4) is 0 Å². The second kappa shape index (κ2) is 12.8. The summed E-state index contributed by atoms with van der Waals surface area (Å²) in [6, 6.07) is 15.0. The van der Waals surface area contributed by atoms with Crippen molar-refractivity contribution in [1.82, 2.24) is 4.90 Å². The molecule has 3 heterocycles. The van der Waals surface area contributed by atoms with Crippen molar-refractivity contribution in [3.63, 3.8) is 0 Å². The summed E-state index contributed by atoms with van der Waals surface area (Å²) in [5, 5.41) is 10.7. The number of alkyl halides is 1. The zero-order valence-electron chi connectivity index (χ0n) is 24.9. The summed E-state index contributed by atoms with van der Waals surface area (Å²) in [4.78, 5) is 47.7. The number of aliphatic hydroxyl groups excluding tert-OH is 1. The minimum Gasteiger partial charge on any atom is -0.466 e. The fourth-order valence-corrected chi connectivity index (χ4v) is 8.19. The SMILES string of the molecule is C=CCN(C(=O)C1N([C@H](CO)c2ccccc2)C(=O)[C@@H]2[C@@H](C(=O)OCC)[C@@H]3OC12CC3Br)c1ccc(N(CC)CC)cc1. The van der Waals surface area contributed by atoms with Crippen LogP contribution >= 0.6 is 15.9 Å². The number of halogens is 1. The van der Waals surface area contributed by atoms with Gasteiger partial charge in [-0.15, -0.1) is 6.58 Å². The van der Waals surface area contributed by atoms with E-state index in [0.717, 1.165) is 18.8 Å². The van der Waals surface area contributed by atoms with Gasteiger partial charge in [0.2, 0.25) is 5.91 Å². The van der Waals surface area contributed by atoms with Gasteiger partial charge in [0.05, 0.1) is 37.2 Å². The van der Waals surface area contributed by atoms with Gasteiger partial charge in [-0.25, -0.2) is 0 Å². The second-order valence-electron chi connectivity index (χ2n) is 11.2. The lowest BCUT2D eigenvalue weighted by atomic mass is 9.70. The zero-order chi connectivity index (χ0) is 30.9. The predicted molar refractivity (Wildman–Crippen MR) is 168 cm³/mol. The molecule has 0 radical (unpaired) electrons. The van der Waals surface area contributed by atoms with Crippen molar-refractivity contribution in [2.24, 2.45) is 11.8 Å². The van der Waals surface area contributed by atoms with Crippen LogP contribution in [0.15, 0.2) is 67.3 Å². The summed E-state index contributed by atoms with van der Waals surface area (Å²) < 4.78 is 12.0. The number of carbonyl (C=O) groups excluding carboxylic acids is 3. The molecule has 1 spiro atoms.